The third-order valence-electron chi connectivity index (χ3n) is 7.72. The smallest absolute Gasteiger partial charge is 0.385 e. The van der Waals surface area contributed by atoms with E-state index in [1.165, 1.54) is 6.07 Å². The zero-order valence-electron chi connectivity index (χ0n) is 20.7. The summed E-state index contributed by atoms with van der Waals surface area (Å²) in [5, 5.41) is 24.6. The first-order valence-corrected chi connectivity index (χ1v) is 12.8. The monoisotopic (exact) mass is 529 g/mol. The fourth-order valence-corrected chi connectivity index (χ4v) is 5.58. The number of carbonyl (C=O) groups is 2. The fraction of sp³-hybridized carbons (Fsp3) is 0.444. The molecule has 202 valence electrons. The van der Waals surface area contributed by atoms with E-state index in [1.807, 2.05) is 18.2 Å². The maximum Gasteiger partial charge on any atom is 0.416 e. The van der Waals surface area contributed by atoms with Crippen molar-refractivity contribution in [3.63, 3.8) is 0 Å². The van der Waals surface area contributed by atoms with Crippen LogP contribution in [-0.4, -0.2) is 63.7 Å². The Balaban J connectivity index is 1.07. The number of hydrogen-bond donors (Lipinski definition) is 4. The molecule has 1 aromatic heterocycles. The van der Waals surface area contributed by atoms with Gasteiger partial charge < -0.3 is 15.7 Å². The highest BCUT2D eigenvalue weighted by molar-refractivity contribution is 5.96. The minimum Gasteiger partial charge on any atom is -0.385 e. The van der Waals surface area contributed by atoms with Crippen molar-refractivity contribution < 1.29 is 27.9 Å². The Hall–Kier alpha value is -3.44. The molecule has 2 fully saturated rings. The van der Waals surface area contributed by atoms with E-state index in [-0.39, 0.29) is 24.1 Å². The average molecular weight is 530 g/mol. The lowest BCUT2D eigenvalue weighted by molar-refractivity contribution is -0.137. The van der Waals surface area contributed by atoms with Gasteiger partial charge in [0.15, 0.2) is 0 Å². The Kier molecular flexibility index (Phi) is 7.15. The number of halogens is 3. The first-order chi connectivity index (χ1) is 18.1. The quantitative estimate of drug-likeness (QED) is 0.392. The van der Waals surface area contributed by atoms with Crippen molar-refractivity contribution in [3.8, 4) is 0 Å². The molecule has 1 atom stereocenters. The van der Waals surface area contributed by atoms with Crippen molar-refractivity contribution in [2.24, 2.45) is 0 Å². The number of aromatic amines is 1. The largest absolute Gasteiger partial charge is 0.416 e. The Bertz CT molecular complexity index is 1320. The van der Waals surface area contributed by atoms with Crippen molar-refractivity contribution >= 4 is 22.7 Å². The Morgan fingerprint density at radius 2 is 1.92 bits per heavy atom. The van der Waals surface area contributed by atoms with Crippen molar-refractivity contribution in [2.75, 3.05) is 19.6 Å². The van der Waals surface area contributed by atoms with Crippen LogP contribution in [0.4, 0.5) is 13.2 Å². The topological polar surface area (TPSA) is 110 Å². The number of aliphatic hydroxyl groups is 1. The summed E-state index contributed by atoms with van der Waals surface area (Å²) in [6.45, 7) is 1.19. The van der Waals surface area contributed by atoms with Crippen LogP contribution in [0.2, 0.25) is 0 Å². The molecular formula is C27H30F3N5O3. The third-order valence-corrected chi connectivity index (χ3v) is 7.72. The number of hydrogen-bond acceptors (Lipinski definition) is 5. The van der Waals surface area contributed by atoms with Crippen molar-refractivity contribution in [1.82, 2.24) is 25.7 Å². The summed E-state index contributed by atoms with van der Waals surface area (Å²) in [6, 6.07) is 10.2. The molecule has 38 heavy (non-hydrogen) atoms. The number of amides is 2. The molecule has 2 amide bonds. The van der Waals surface area contributed by atoms with E-state index in [0.717, 1.165) is 60.5 Å². The van der Waals surface area contributed by atoms with Gasteiger partial charge in [0.05, 0.1) is 29.4 Å². The molecule has 1 saturated heterocycles. The molecule has 2 aliphatic rings. The van der Waals surface area contributed by atoms with E-state index in [2.05, 4.69) is 25.7 Å². The van der Waals surface area contributed by atoms with E-state index < -0.39 is 23.2 Å². The van der Waals surface area contributed by atoms with E-state index in [9.17, 15) is 27.9 Å². The van der Waals surface area contributed by atoms with Gasteiger partial charge in [-0.15, -0.1) is 0 Å². The molecule has 0 spiro atoms. The summed E-state index contributed by atoms with van der Waals surface area (Å²) in [4.78, 5) is 27.0. The standard InChI is InChI=1S/C27H30F3N5O3/c28-27(29,30)20-3-1-2-17(12-20)25(37)31-15-24(36)33-21-8-11-35(16-21)22-6-9-26(38,10-7-22)19-4-5-23-18(13-19)14-32-34-23/h1-5,12-14,21-22,38H,6-11,15-16H2,(H,31,37)(H,32,34)(H,33,36)/t21-,22?,26?/m1/s1. The molecule has 2 aromatic carbocycles. The van der Waals surface area contributed by atoms with Gasteiger partial charge in [-0.05, 0) is 68.0 Å². The van der Waals surface area contributed by atoms with Crippen LogP contribution >= 0.6 is 0 Å². The predicted octanol–water partition coefficient (Wildman–Crippen LogP) is 3.33. The second-order valence-corrected chi connectivity index (χ2v) is 10.2. The first kappa shape index (κ1) is 26.2. The molecule has 11 heteroatoms. The molecule has 0 bridgehead atoms. The summed E-state index contributed by atoms with van der Waals surface area (Å²) in [6.07, 6.45) is 0.954. The highest BCUT2D eigenvalue weighted by atomic mass is 19.4. The Labute approximate surface area is 217 Å². The number of alkyl halides is 3. The SMILES string of the molecule is O=C(CNC(=O)c1cccc(C(F)(F)F)c1)N[C@@H]1CCN(C2CCC(O)(c3ccc4[nH]ncc4c3)CC2)C1. The summed E-state index contributed by atoms with van der Waals surface area (Å²) in [5.74, 6) is -1.12. The van der Waals surface area contributed by atoms with Gasteiger partial charge in [-0.25, -0.2) is 0 Å². The molecule has 3 aromatic rings. The summed E-state index contributed by atoms with van der Waals surface area (Å²) in [5.41, 5.74) is -0.0925. The van der Waals surface area contributed by atoms with Crippen molar-refractivity contribution in [2.45, 2.75) is 56.0 Å². The van der Waals surface area contributed by atoms with Gasteiger partial charge in [0.25, 0.3) is 5.91 Å². The van der Waals surface area contributed by atoms with Crippen LogP contribution in [0.1, 0.15) is 53.6 Å². The minimum atomic E-state index is -4.55. The normalized spacial score (nSPS) is 24.4. The number of fused-ring (bicyclic) bond motifs is 1. The van der Waals surface area contributed by atoms with Crippen LogP contribution in [0.25, 0.3) is 10.9 Å². The summed E-state index contributed by atoms with van der Waals surface area (Å²) < 4.78 is 38.6. The third kappa shape index (κ3) is 5.68. The van der Waals surface area contributed by atoms with E-state index in [1.54, 1.807) is 6.20 Å². The van der Waals surface area contributed by atoms with Gasteiger partial charge in [0.1, 0.15) is 0 Å². The lowest BCUT2D eigenvalue weighted by Crippen LogP contribution is -2.45. The highest BCUT2D eigenvalue weighted by Gasteiger charge is 2.38. The van der Waals surface area contributed by atoms with Crippen LogP contribution < -0.4 is 10.6 Å². The average Bonchev–Trinajstić information content (AvgIpc) is 3.56. The molecule has 1 aliphatic heterocycles. The second-order valence-electron chi connectivity index (χ2n) is 10.2. The zero-order chi connectivity index (χ0) is 26.9. The Morgan fingerprint density at radius 1 is 1.13 bits per heavy atom. The molecular weight excluding hydrogens is 499 g/mol. The van der Waals surface area contributed by atoms with Gasteiger partial charge in [-0.2, -0.15) is 18.3 Å². The van der Waals surface area contributed by atoms with Crippen LogP contribution in [0.3, 0.4) is 0 Å². The van der Waals surface area contributed by atoms with E-state index in [4.69, 9.17) is 0 Å². The number of aromatic nitrogens is 2. The summed E-state index contributed by atoms with van der Waals surface area (Å²) in [7, 11) is 0. The lowest BCUT2D eigenvalue weighted by atomic mass is 9.77. The number of nitrogens with one attached hydrogen (secondary N) is 3. The zero-order valence-corrected chi connectivity index (χ0v) is 20.7. The van der Waals surface area contributed by atoms with Gasteiger partial charge in [-0.1, -0.05) is 12.1 Å². The molecule has 0 radical (unpaired) electrons. The molecule has 1 saturated carbocycles. The molecule has 4 N–H and O–H groups in total. The fourth-order valence-electron chi connectivity index (χ4n) is 5.58. The van der Waals surface area contributed by atoms with Crippen molar-refractivity contribution in [1.29, 1.82) is 0 Å². The Morgan fingerprint density at radius 3 is 2.68 bits per heavy atom. The molecule has 8 nitrogen and oxygen atoms in total. The van der Waals surface area contributed by atoms with Gasteiger partial charge >= 0.3 is 6.18 Å². The number of rotatable bonds is 6. The maximum absolute atomic E-state index is 12.9. The molecule has 5 rings (SSSR count). The van der Waals surface area contributed by atoms with Crippen LogP contribution in [0, 0.1) is 0 Å². The van der Waals surface area contributed by atoms with Gasteiger partial charge in [-0.3, -0.25) is 19.6 Å². The van der Waals surface area contributed by atoms with E-state index in [0.29, 0.717) is 25.4 Å². The second kappa shape index (κ2) is 10.4. The van der Waals surface area contributed by atoms with Crippen LogP contribution in [-0.2, 0) is 16.6 Å². The number of nitrogens with zero attached hydrogens (tertiary/aromatic N) is 2. The van der Waals surface area contributed by atoms with Crippen molar-refractivity contribution in [3.05, 3.63) is 65.4 Å². The number of benzene rings is 2. The lowest BCUT2D eigenvalue weighted by Gasteiger charge is -2.40. The number of carbonyl (C=O) groups excluding carboxylic acids is 2. The van der Waals surface area contributed by atoms with Crippen LogP contribution in [0.15, 0.2) is 48.7 Å². The highest BCUT2D eigenvalue weighted by Crippen LogP contribution is 2.40. The minimum absolute atomic E-state index is 0.0720. The molecule has 2 heterocycles. The van der Waals surface area contributed by atoms with Crippen LogP contribution in [0.5, 0.6) is 0 Å². The maximum atomic E-state index is 12.9. The summed E-state index contributed by atoms with van der Waals surface area (Å²) >= 11 is 0. The van der Waals surface area contributed by atoms with Gasteiger partial charge in [0.2, 0.25) is 5.91 Å². The molecule has 1 aliphatic carbocycles. The van der Waals surface area contributed by atoms with E-state index >= 15 is 0 Å². The first-order valence-electron chi connectivity index (χ1n) is 12.8. The number of H-pyrrole nitrogens is 1. The predicted molar refractivity (Wildman–Crippen MR) is 134 cm³/mol. The molecule has 0 unspecified atom stereocenters. The van der Waals surface area contributed by atoms with Gasteiger partial charge in [0, 0.05) is 36.1 Å². The number of likely N-dealkylation sites (tertiary alicyclic amines) is 1.